The number of nitrogens with one attached hydrogen (secondary N) is 1. The fourth-order valence-corrected chi connectivity index (χ4v) is 2.84. The first-order valence-corrected chi connectivity index (χ1v) is 7.15. The maximum atomic E-state index is 6.19. The Labute approximate surface area is 119 Å². The van der Waals surface area contributed by atoms with Gasteiger partial charge >= 0.3 is 0 Å². The molecule has 0 bridgehead atoms. The molecule has 1 saturated heterocycles. The predicted molar refractivity (Wildman–Crippen MR) is 81.3 cm³/mol. The van der Waals surface area contributed by atoms with Gasteiger partial charge in [-0.25, -0.2) is 0 Å². The standard InChI is InChI=1S/C17H21NO2/c1-11-12(2)20-16(10-18-11)17-14-7-5-4-6-13(14)8-9-15(17)19-3/h4-9,11-12,16,18H,10H2,1-3H3. The molecule has 3 nitrogen and oxygen atoms in total. The highest BCUT2D eigenvalue weighted by Crippen LogP contribution is 2.36. The molecule has 3 heteroatoms. The molecule has 1 N–H and O–H groups in total. The van der Waals surface area contributed by atoms with Crippen molar-refractivity contribution in [2.75, 3.05) is 13.7 Å². The van der Waals surface area contributed by atoms with Gasteiger partial charge in [-0.3, -0.25) is 0 Å². The lowest BCUT2D eigenvalue weighted by Gasteiger charge is -2.35. The third-order valence-corrected chi connectivity index (χ3v) is 4.18. The van der Waals surface area contributed by atoms with E-state index in [0.717, 1.165) is 17.9 Å². The topological polar surface area (TPSA) is 30.5 Å². The van der Waals surface area contributed by atoms with E-state index in [0.29, 0.717) is 6.04 Å². The van der Waals surface area contributed by atoms with E-state index in [1.54, 1.807) is 7.11 Å². The molecule has 0 amide bonds. The molecule has 1 fully saturated rings. The van der Waals surface area contributed by atoms with Crippen LogP contribution in [0.4, 0.5) is 0 Å². The van der Waals surface area contributed by atoms with Gasteiger partial charge in [0, 0.05) is 18.2 Å². The molecule has 0 aromatic heterocycles. The van der Waals surface area contributed by atoms with Gasteiger partial charge in [-0.1, -0.05) is 30.3 Å². The number of ether oxygens (including phenoxy) is 2. The number of hydrogen-bond acceptors (Lipinski definition) is 3. The highest BCUT2D eigenvalue weighted by atomic mass is 16.5. The van der Waals surface area contributed by atoms with Crippen molar-refractivity contribution in [3.8, 4) is 5.75 Å². The van der Waals surface area contributed by atoms with Crippen LogP contribution in [0.2, 0.25) is 0 Å². The lowest BCUT2D eigenvalue weighted by Crippen LogP contribution is -2.46. The van der Waals surface area contributed by atoms with Gasteiger partial charge in [0.1, 0.15) is 5.75 Å². The molecular weight excluding hydrogens is 250 g/mol. The van der Waals surface area contributed by atoms with Crippen molar-refractivity contribution < 1.29 is 9.47 Å². The van der Waals surface area contributed by atoms with E-state index in [1.165, 1.54) is 10.8 Å². The average molecular weight is 271 g/mol. The number of fused-ring (bicyclic) bond motifs is 1. The van der Waals surface area contributed by atoms with E-state index >= 15 is 0 Å². The molecule has 0 saturated carbocycles. The summed E-state index contributed by atoms with van der Waals surface area (Å²) in [6.45, 7) is 5.08. The van der Waals surface area contributed by atoms with E-state index in [-0.39, 0.29) is 12.2 Å². The van der Waals surface area contributed by atoms with Crippen molar-refractivity contribution in [1.29, 1.82) is 0 Å². The van der Waals surface area contributed by atoms with E-state index in [4.69, 9.17) is 9.47 Å². The minimum Gasteiger partial charge on any atom is -0.496 e. The average Bonchev–Trinajstić information content (AvgIpc) is 2.49. The summed E-state index contributed by atoms with van der Waals surface area (Å²) in [5, 5.41) is 5.94. The fourth-order valence-electron chi connectivity index (χ4n) is 2.84. The Bertz CT molecular complexity index is 611. The molecule has 0 aliphatic carbocycles. The van der Waals surface area contributed by atoms with E-state index < -0.39 is 0 Å². The molecule has 3 rings (SSSR count). The summed E-state index contributed by atoms with van der Waals surface area (Å²) in [6.07, 6.45) is 0.222. The van der Waals surface area contributed by atoms with Crippen LogP contribution >= 0.6 is 0 Å². The van der Waals surface area contributed by atoms with Crippen LogP contribution in [-0.2, 0) is 4.74 Å². The van der Waals surface area contributed by atoms with Crippen LogP contribution in [-0.4, -0.2) is 25.8 Å². The van der Waals surface area contributed by atoms with Gasteiger partial charge in [-0.2, -0.15) is 0 Å². The molecule has 2 aromatic carbocycles. The molecule has 0 spiro atoms. The van der Waals surface area contributed by atoms with Crippen molar-refractivity contribution in [3.63, 3.8) is 0 Å². The molecular formula is C17H21NO2. The van der Waals surface area contributed by atoms with E-state index in [1.807, 2.05) is 6.07 Å². The van der Waals surface area contributed by atoms with Gasteiger partial charge in [-0.05, 0) is 30.7 Å². The van der Waals surface area contributed by atoms with Gasteiger partial charge in [-0.15, -0.1) is 0 Å². The summed E-state index contributed by atoms with van der Waals surface area (Å²) in [6, 6.07) is 12.9. The summed E-state index contributed by atoms with van der Waals surface area (Å²) in [5.41, 5.74) is 1.15. The number of benzene rings is 2. The largest absolute Gasteiger partial charge is 0.496 e. The smallest absolute Gasteiger partial charge is 0.125 e. The zero-order valence-corrected chi connectivity index (χ0v) is 12.2. The Kier molecular flexibility index (Phi) is 3.64. The van der Waals surface area contributed by atoms with Gasteiger partial charge in [0.25, 0.3) is 0 Å². The molecule has 3 atom stereocenters. The zero-order chi connectivity index (χ0) is 14.1. The minimum atomic E-state index is 0.0299. The maximum absolute atomic E-state index is 6.19. The zero-order valence-electron chi connectivity index (χ0n) is 12.2. The quantitative estimate of drug-likeness (QED) is 0.909. The molecule has 3 unspecified atom stereocenters. The Balaban J connectivity index is 2.09. The second-order valence-electron chi connectivity index (χ2n) is 5.43. The van der Waals surface area contributed by atoms with Crippen LogP contribution in [0.15, 0.2) is 36.4 Å². The molecule has 1 heterocycles. The lowest BCUT2D eigenvalue weighted by atomic mass is 9.97. The second-order valence-corrected chi connectivity index (χ2v) is 5.43. The van der Waals surface area contributed by atoms with Gasteiger partial charge in [0.05, 0.1) is 19.3 Å². The van der Waals surface area contributed by atoms with Gasteiger partial charge in [0.15, 0.2) is 0 Å². The lowest BCUT2D eigenvalue weighted by molar-refractivity contribution is -0.0509. The van der Waals surface area contributed by atoms with Crippen LogP contribution in [0, 0.1) is 0 Å². The normalized spacial score (nSPS) is 26.6. The Morgan fingerprint density at radius 1 is 1.15 bits per heavy atom. The van der Waals surface area contributed by atoms with E-state index in [9.17, 15) is 0 Å². The predicted octanol–water partition coefficient (Wildman–Crippen LogP) is 3.29. The van der Waals surface area contributed by atoms with Crippen molar-refractivity contribution >= 4 is 10.8 Å². The summed E-state index contributed by atoms with van der Waals surface area (Å²) in [7, 11) is 1.72. The Morgan fingerprint density at radius 2 is 1.95 bits per heavy atom. The van der Waals surface area contributed by atoms with Crippen molar-refractivity contribution in [1.82, 2.24) is 5.32 Å². The van der Waals surface area contributed by atoms with Crippen molar-refractivity contribution in [2.24, 2.45) is 0 Å². The molecule has 0 radical (unpaired) electrons. The summed E-state index contributed by atoms with van der Waals surface area (Å²) < 4.78 is 11.8. The first-order valence-electron chi connectivity index (χ1n) is 7.15. The van der Waals surface area contributed by atoms with Crippen molar-refractivity contribution in [2.45, 2.75) is 32.1 Å². The molecule has 1 aliphatic heterocycles. The number of morpholine rings is 1. The van der Waals surface area contributed by atoms with Crippen molar-refractivity contribution in [3.05, 3.63) is 42.0 Å². The molecule has 2 aromatic rings. The van der Waals surface area contributed by atoms with Crippen LogP contribution in [0.3, 0.4) is 0 Å². The van der Waals surface area contributed by atoms with Gasteiger partial charge < -0.3 is 14.8 Å². The first-order chi connectivity index (χ1) is 9.70. The van der Waals surface area contributed by atoms with E-state index in [2.05, 4.69) is 49.5 Å². The van der Waals surface area contributed by atoms with Gasteiger partial charge in [0.2, 0.25) is 0 Å². The molecule has 1 aliphatic rings. The monoisotopic (exact) mass is 271 g/mol. The summed E-state index contributed by atoms with van der Waals surface area (Å²) in [5.74, 6) is 0.900. The summed E-state index contributed by atoms with van der Waals surface area (Å²) in [4.78, 5) is 0. The fraction of sp³-hybridized carbons (Fsp3) is 0.412. The minimum absolute atomic E-state index is 0.0299. The SMILES string of the molecule is COc1ccc2ccccc2c1C1CNC(C)C(C)O1. The van der Waals surface area contributed by atoms with Crippen LogP contribution in [0.1, 0.15) is 25.5 Å². The third-order valence-electron chi connectivity index (χ3n) is 4.18. The van der Waals surface area contributed by atoms with Crippen LogP contribution < -0.4 is 10.1 Å². The summed E-state index contributed by atoms with van der Waals surface area (Å²) >= 11 is 0. The first kappa shape index (κ1) is 13.4. The molecule has 106 valence electrons. The van der Waals surface area contributed by atoms with Crippen LogP contribution in [0.25, 0.3) is 10.8 Å². The highest BCUT2D eigenvalue weighted by molar-refractivity contribution is 5.88. The maximum Gasteiger partial charge on any atom is 0.125 e. The number of methoxy groups -OCH3 is 1. The third kappa shape index (κ3) is 2.28. The highest BCUT2D eigenvalue weighted by Gasteiger charge is 2.28. The Morgan fingerprint density at radius 3 is 2.70 bits per heavy atom. The molecule has 20 heavy (non-hydrogen) atoms. The van der Waals surface area contributed by atoms with Crippen LogP contribution in [0.5, 0.6) is 5.75 Å². The number of rotatable bonds is 2. The Hall–Kier alpha value is -1.58. The number of hydrogen-bond donors (Lipinski definition) is 1. The second kappa shape index (κ2) is 5.43.